The lowest BCUT2D eigenvalue weighted by Gasteiger charge is -2.16. The quantitative estimate of drug-likeness (QED) is 0.635. The van der Waals surface area contributed by atoms with Crippen LogP contribution in [0.4, 0.5) is 0 Å². The van der Waals surface area contributed by atoms with E-state index in [9.17, 15) is 18.0 Å². The Balaban J connectivity index is 1.68. The topological polar surface area (TPSA) is 88.5 Å². The molecule has 0 unspecified atom stereocenters. The maximum atomic E-state index is 13.1. The molecule has 4 rings (SSSR count). The molecule has 2 aromatic carbocycles. The van der Waals surface area contributed by atoms with E-state index in [1.165, 1.54) is 22.6 Å². The summed E-state index contributed by atoms with van der Waals surface area (Å²) in [4.78, 5) is 25.9. The van der Waals surface area contributed by atoms with Gasteiger partial charge in [-0.05, 0) is 48.7 Å². The highest BCUT2D eigenvalue weighted by Gasteiger charge is 2.28. The van der Waals surface area contributed by atoms with Gasteiger partial charge in [-0.25, -0.2) is 8.42 Å². The van der Waals surface area contributed by atoms with Gasteiger partial charge in [0.25, 0.3) is 5.91 Å². The average Bonchev–Trinajstić information content (AvgIpc) is 3.31. The molecule has 9 heteroatoms. The molecule has 7 nitrogen and oxygen atoms in total. The molecule has 2 heterocycles. The Hall–Kier alpha value is -2.68. The van der Waals surface area contributed by atoms with E-state index in [2.05, 4.69) is 5.32 Å². The summed E-state index contributed by atoms with van der Waals surface area (Å²) in [5, 5.41) is 3.53. The third kappa shape index (κ3) is 4.23. The van der Waals surface area contributed by atoms with Crippen molar-refractivity contribution in [3.8, 4) is 0 Å². The van der Waals surface area contributed by atoms with Gasteiger partial charge in [-0.1, -0.05) is 23.7 Å². The molecule has 1 N–H and O–H groups in total. The standard InChI is InChI=1S/C22H22ClN3O4S/c1-25-14-19(22(28)24-13-15-4-6-16(23)7-5-15)21(27)18-12-17(8-9-20(18)25)31(29,30)26-10-2-3-11-26/h4-9,12,14H,2-3,10-11,13H2,1H3,(H,24,28). The summed E-state index contributed by atoms with van der Waals surface area (Å²) in [6.45, 7) is 1.19. The SMILES string of the molecule is Cn1cc(C(=O)NCc2ccc(Cl)cc2)c(=O)c2cc(S(=O)(=O)N3CCCC3)ccc21. The molecule has 0 spiro atoms. The summed E-state index contributed by atoms with van der Waals surface area (Å²) < 4.78 is 28.9. The second-order valence-corrected chi connectivity index (χ2v) is 9.96. The zero-order valence-corrected chi connectivity index (χ0v) is 18.5. The van der Waals surface area contributed by atoms with Gasteiger partial charge in [0.1, 0.15) is 5.56 Å². The summed E-state index contributed by atoms with van der Waals surface area (Å²) in [7, 11) is -1.95. The molecule has 0 aliphatic carbocycles. The molecule has 1 amide bonds. The summed E-state index contributed by atoms with van der Waals surface area (Å²) in [5.74, 6) is -0.523. The molecule has 0 saturated carbocycles. The zero-order valence-electron chi connectivity index (χ0n) is 17.0. The van der Waals surface area contributed by atoms with E-state index in [-0.39, 0.29) is 22.4 Å². The van der Waals surface area contributed by atoms with Crippen molar-refractivity contribution in [2.75, 3.05) is 13.1 Å². The van der Waals surface area contributed by atoms with E-state index in [1.54, 1.807) is 41.9 Å². The summed E-state index contributed by atoms with van der Waals surface area (Å²) >= 11 is 5.87. The van der Waals surface area contributed by atoms with Crippen LogP contribution >= 0.6 is 11.6 Å². The van der Waals surface area contributed by atoms with Gasteiger partial charge in [-0.2, -0.15) is 4.31 Å². The summed E-state index contributed by atoms with van der Waals surface area (Å²) in [6.07, 6.45) is 3.12. The minimum absolute atomic E-state index is 0.0420. The van der Waals surface area contributed by atoms with Crippen molar-refractivity contribution in [3.05, 3.63) is 75.0 Å². The second kappa shape index (κ2) is 8.45. The Morgan fingerprint density at radius 1 is 1.10 bits per heavy atom. The molecule has 3 aromatic rings. The molecule has 31 heavy (non-hydrogen) atoms. The van der Waals surface area contributed by atoms with E-state index < -0.39 is 21.4 Å². The van der Waals surface area contributed by atoms with Crippen LogP contribution in [0, 0.1) is 0 Å². The number of nitrogens with zero attached hydrogens (tertiary/aromatic N) is 2. The first kappa shape index (κ1) is 21.5. The number of rotatable bonds is 5. The largest absolute Gasteiger partial charge is 0.350 e. The van der Waals surface area contributed by atoms with Crippen LogP contribution < -0.4 is 10.7 Å². The van der Waals surface area contributed by atoms with Crippen LogP contribution in [0.15, 0.2) is 58.4 Å². The Morgan fingerprint density at radius 3 is 2.45 bits per heavy atom. The molecule has 1 saturated heterocycles. The third-order valence-electron chi connectivity index (χ3n) is 5.47. The lowest BCUT2D eigenvalue weighted by Crippen LogP contribution is -2.30. The number of fused-ring (bicyclic) bond motifs is 1. The number of hydrogen-bond donors (Lipinski definition) is 1. The Labute approximate surface area is 185 Å². The van der Waals surface area contributed by atoms with Crippen molar-refractivity contribution in [2.45, 2.75) is 24.3 Å². The number of nitrogens with one attached hydrogen (secondary N) is 1. The van der Waals surface area contributed by atoms with E-state index in [4.69, 9.17) is 11.6 Å². The number of pyridine rings is 1. The molecule has 0 bridgehead atoms. The van der Waals surface area contributed by atoms with Gasteiger partial charge in [0.15, 0.2) is 0 Å². The van der Waals surface area contributed by atoms with Crippen molar-refractivity contribution in [3.63, 3.8) is 0 Å². The molecule has 1 fully saturated rings. The van der Waals surface area contributed by atoms with Crippen LogP contribution in [0.1, 0.15) is 28.8 Å². The molecule has 162 valence electrons. The number of hydrogen-bond acceptors (Lipinski definition) is 4. The van der Waals surface area contributed by atoms with Crippen molar-refractivity contribution in [1.29, 1.82) is 0 Å². The first-order valence-corrected chi connectivity index (χ1v) is 11.8. The van der Waals surface area contributed by atoms with Gasteiger partial charge in [0.05, 0.1) is 10.4 Å². The number of amides is 1. The maximum absolute atomic E-state index is 13.1. The molecule has 1 aliphatic heterocycles. The van der Waals surface area contributed by atoms with Crippen LogP contribution in [-0.4, -0.2) is 36.3 Å². The Bertz CT molecular complexity index is 1310. The van der Waals surface area contributed by atoms with Crippen LogP contribution in [-0.2, 0) is 23.6 Å². The molecule has 0 radical (unpaired) electrons. The van der Waals surface area contributed by atoms with Crippen LogP contribution in [0.5, 0.6) is 0 Å². The lowest BCUT2D eigenvalue weighted by atomic mass is 10.1. The predicted molar refractivity (Wildman–Crippen MR) is 120 cm³/mol. The summed E-state index contributed by atoms with van der Waals surface area (Å²) in [5.41, 5.74) is 0.855. The van der Waals surface area contributed by atoms with Crippen molar-refractivity contribution in [1.82, 2.24) is 14.2 Å². The highest BCUT2D eigenvalue weighted by atomic mass is 35.5. The fraction of sp³-hybridized carbons (Fsp3) is 0.273. The second-order valence-electron chi connectivity index (χ2n) is 7.58. The Morgan fingerprint density at radius 2 is 1.77 bits per heavy atom. The molecule has 0 atom stereocenters. The minimum atomic E-state index is -3.67. The number of aromatic nitrogens is 1. The van der Waals surface area contributed by atoms with Gasteiger partial charge >= 0.3 is 0 Å². The number of carbonyl (C=O) groups excluding carboxylic acids is 1. The fourth-order valence-corrected chi connectivity index (χ4v) is 5.42. The summed E-state index contributed by atoms with van der Waals surface area (Å²) in [6, 6.07) is 11.5. The van der Waals surface area contributed by atoms with Crippen molar-refractivity contribution < 1.29 is 13.2 Å². The average molecular weight is 460 g/mol. The van der Waals surface area contributed by atoms with E-state index in [1.807, 2.05) is 0 Å². The first-order valence-electron chi connectivity index (χ1n) is 9.93. The number of halogens is 1. The fourth-order valence-electron chi connectivity index (χ4n) is 3.75. The van der Waals surface area contributed by atoms with Gasteiger partial charge in [0, 0.05) is 43.3 Å². The molecular formula is C22H22ClN3O4S. The number of sulfonamides is 1. The number of benzene rings is 2. The lowest BCUT2D eigenvalue weighted by molar-refractivity contribution is 0.0949. The third-order valence-corrected chi connectivity index (χ3v) is 7.62. The van der Waals surface area contributed by atoms with Gasteiger partial charge in [-0.15, -0.1) is 0 Å². The molecule has 1 aliphatic rings. The highest BCUT2D eigenvalue weighted by molar-refractivity contribution is 7.89. The monoisotopic (exact) mass is 459 g/mol. The van der Waals surface area contributed by atoms with Crippen LogP contribution in [0.3, 0.4) is 0 Å². The van der Waals surface area contributed by atoms with Crippen LogP contribution in [0.2, 0.25) is 5.02 Å². The minimum Gasteiger partial charge on any atom is -0.350 e. The van der Waals surface area contributed by atoms with E-state index in [0.717, 1.165) is 18.4 Å². The van der Waals surface area contributed by atoms with E-state index >= 15 is 0 Å². The van der Waals surface area contributed by atoms with Gasteiger partial charge < -0.3 is 9.88 Å². The van der Waals surface area contributed by atoms with E-state index in [0.29, 0.717) is 23.6 Å². The maximum Gasteiger partial charge on any atom is 0.257 e. The predicted octanol–water partition coefficient (Wildman–Crippen LogP) is 2.91. The van der Waals surface area contributed by atoms with Crippen molar-refractivity contribution in [2.24, 2.45) is 7.05 Å². The van der Waals surface area contributed by atoms with Crippen LogP contribution in [0.25, 0.3) is 10.9 Å². The van der Waals surface area contributed by atoms with Gasteiger partial charge in [-0.3, -0.25) is 9.59 Å². The van der Waals surface area contributed by atoms with Gasteiger partial charge in [0.2, 0.25) is 15.5 Å². The van der Waals surface area contributed by atoms with Crippen molar-refractivity contribution >= 4 is 38.4 Å². The first-order chi connectivity index (χ1) is 14.8. The molecule has 1 aromatic heterocycles. The number of aryl methyl sites for hydroxylation is 1. The smallest absolute Gasteiger partial charge is 0.257 e. The highest BCUT2D eigenvalue weighted by Crippen LogP contribution is 2.23. The Kier molecular flexibility index (Phi) is 5.88. The molecular weight excluding hydrogens is 438 g/mol. The zero-order chi connectivity index (χ0) is 22.2. The normalized spacial score (nSPS) is 14.8. The number of carbonyl (C=O) groups is 1.